The molecule has 4 fully saturated rings. The Morgan fingerprint density at radius 2 is 1.49 bits per heavy atom. The zero-order valence-electron chi connectivity index (χ0n) is 56.6. The monoisotopic (exact) mass is 1340 g/mol. The normalized spacial score (nSPS) is 35.4. The number of para-hydroxylation sites is 1. The molecule has 1 amide bonds. The Bertz CT molecular complexity index is 2910. The lowest BCUT2D eigenvalue weighted by Gasteiger charge is -2.45. The fraction of sp³-hybridized carbons (Fsp3) is 0.738. The van der Waals surface area contributed by atoms with Gasteiger partial charge in [-0.25, -0.2) is 17.9 Å². The number of Topliss-reactive ketones (excluding diaryl/α,β-unsaturated/α-hetero) is 1. The van der Waals surface area contributed by atoms with Gasteiger partial charge in [0.05, 0.1) is 59.6 Å². The molecule has 4 N–H and O–H groups in total. The number of amides is 1. The molecule has 4 aliphatic rings. The molecule has 6 rings (SSSR count). The van der Waals surface area contributed by atoms with Crippen LogP contribution in [0.25, 0.3) is 0 Å². The van der Waals surface area contributed by atoms with Gasteiger partial charge in [0, 0.05) is 89.5 Å². The minimum absolute atomic E-state index is 0.0371. The van der Waals surface area contributed by atoms with E-state index in [0.717, 1.165) is 17.7 Å². The Hall–Kier alpha value is -5.34. The van der Waals surface area contributed by atoms with Crippen LogP contribution in [0.4, 0.5) is 10.5 Å². The highest BCUT2D eigenvalue weighted by molar-refractivity contribution is 7.89. The highest BCUT2D eigenvalue weighted by Gasteiger charge is 2.53. The molecular weight excluding hydrogens is 1230 g/mol. The molecular formula is C65H101N5O22S. The van der Waals surface area contributed by atoms with Crippen molar-refractivity contribution < 1.29 is 99.7 Å². The molecule has 0 bridgehead atoms. The number of esters is 2. The Morgan fingerprint density at radius 1 is 0.828 bits per heavy atom. The number of sulfonamides is 1. The molecule has 524 valence electrons. The molecule has 22 atom stereocenters. The lowest BCUT2D eigenvalue weighted by molar-refractivity contribution is -0.387. The number of nitrogens with zero attached hydrogens (tertiary/aromatic N) is 3. The number of benzene rings is 2. The number of aliphatic hydroxyl groups is 2. The Labute approximate surface area is 547 Å². The van der Waals surface area contributed by atoms with Gasteiger partial charge in [0.25, 0.3) is 5.69 Å². The molecule has 2 aromatic carbocycles. The first-order valence-electron chi connectivity index (χ1n) is 32.2. The predicted molar refractivity (Wildman–Crippen MR) is 337 cm³/mol. The number of ketones is 1. The van der Waals surface area contributed by atoms with E-state index in [1.165, 1.54) is 40.4 Å². The summed E-state index contributed by atoms with van der Waals surface area (Å²) in [5.41, 5.74) is -1.65. The van der Waals surface area contributed by atoms with Gasteiger partial charge in [-0.1, -0.05) is 96.1 Å². The van der Waals surface area contributed by atoms with Crippen LogP contribution in [-0.2, 0) is 87.9 Å². The summed E-state index contributed by atoms with van der Waals surface area (Å²) >= 11 is 0. The van der Waals surface area contributed by atoms with Crippen molar-refractivity contribution in [1.82, 2.24) is 14.9 Å². The average molecular weight is 1340 g/mol. The smallest absolute Gasteiger partial charge is 0.408 e. The summed E-state index contributed by atoms with van der Waals surface area (Å²) in [6.45, 7) is 22.7. The molecule has 2 aromatic rings. The first kappa shape index (κ1) is 76.7. The van der Waals surface area contributed by atoms with Crippen LogP contribution >= 0.6 is 0 Å². The van der Waals surface area contributed by atoms with Gasteiger partial charge in [0.15, 0.2) is 35.1 Å². The first-order valence-corrected chi connectivity index (χ1v) is 33.7. The molecule has 0 aliphatic carbocycles. The maximum Gasteiger partial charge on any atom is 0.408 e. The molecule has 28 heteroatoms. The van der Waals surface area contributed by atoms with E-state index >= 15 is 9.59 Å². The van der Waals surface area contributed by atoms with Gasteiger partial charge in [-0.3, -0.25) is 29.4 Å². The summed E-state index contributed by atoms with van der Waals surface area (Å²) in [5.74, 6) is -8.32. The Morgan fingerprint density at radius 3 is 2.14 bits per heavy atom. The molecule has 0 spiro atoms. The van der Waals surface area contributed by atoms with E-state index in [0.29, 0.717) is 0 Å². The SMILES string of the molecule is CON=C1C[C@@H](C)O[C@@H](OC2C(C)CC(C)(OC(=O)NCc3ccccc3)C(=O)C(C)C(OC(=O)CC(C)C)C(C)C(C(C)CO[C@@H]3O[C@H](C)[C@@H](O)[C@@H](OC)[C@H]3OC)OC(=O)C(C)C(O[C@H]3CC(C)N(CCNS(=O)(=O)c4ccccc4[N+](=O)[O-])C[C@H](C)O3)C2C)[C@@H]1O. The largest absolute Gasteiger partial charge is 0.461 e. The Kier molecular flexibility index (Phi) is 28.5. The number of rotatable bonds is 23. The lowest BCUT2D eigenvalue weighted by Crippen LogP contribution is -2.59. The summed E-state index contributed by atoms with van der Waals surface area (Å²) in [7, 11) is -0.125. The van der Waals surface area contributed by atoms with Crippen molar-refractivity contribution in [1.29, 1.82) is 0 Å². The second-order valence-electron chi connectivity index (χ2n) is 26.2. The van der Waals surface area contributed by atoms with Crippen molar-refractivity contribution in [3.63, 3.8) is 0 Å². The number of hydrogen-bond acceptors (Lipinski definition) is 24. The maximum absolute atomic E-state index is 16.0. The van der Waals surface area contributed by atoms with Crippen LogP contribution in [0.1, 0.15) is 121 Å². The van der Waals surface area contributed by atoms with Crippen molar-refractivity contribution in [3.05, 3.63) is 70.3 Å². The molecule has 4 heterocycles. The van der Waals surface area contributed by atoms with Crippen molar-refractivity contribution in [2.45, 2.75) is 225 Å². The van der Waals surface area contributed by atoms with E-state index in [2.05, 4.69) is 15.2 Å². The summed E-state index contributed by atoms with van der Waals surface area (Å²) in [4.78, 5) is 77.8. The third-order valence-corrected chi connectivity index (χ3v) is 19.6. The van der Waals surface area contributed by atoms with Crippen LogP contribution in [0.2, 0.25) is 0 Å². The standard InChI is InChI=1S/C65H101N5O22S/c1-35(2)28-50(71)88-56-42(9)55(37(4)34-84-63-59(82-15)58(81-14)52(72)45(12)87-63)90-61(75)44(11)57(89-51-29-38(5)69(33-40(7)85-51)27-26-67-93(79,80)49-25-21-20-24-48(49)70(77)78)41(8)54(91-62-53(73)47(68-83-16)30-39(6)86-62)36(3)31-65(13,60(74)43(56)10)92-64(76)66-32-46-22-18-17-19-23-46/h17-25,35-45,51-59,62-63,67,72-73H,26-34H2,1-16H3,(H,66,76)/t36?,37?,38?,39-,40+,41?,42?,43?,44?,45-,51+,52-,53-,54?,55?,56?,57?,58-,59-,62+,63-,65?/m1/s1. The third kappa shape index (κ3) is 20.1. The van der Waals surface area contributed by atoms with E-state index < -0.39 is 176 Å². The van der Waals surface area contributed by atoms with Gasteiger partial charge >= 0.3 is 18.0 Å². The number of cyclic esters (lactones) is 1. The number of nitrogens with one attached hydrogen (secondary N) is 2. The molecule has 27 nitrogen and oxygen atoms in total. The predicted octanol–water partition coefficient (Wildman–Crippen LogP) is 6.46. The van der Waals surface area contributed by atoms with Crippen LogP contribution in [-0.4, -0.2) is 203 Å². The van der Waals surface area contributed by atoms with E-state index in [4.69, 9.17) is 56.9 Å². The number of alkyl carbamates (subject to hydrolysis) is 1. The van der Waals surface area contributed by atoms with E-state index in [-0.39, 0.29) is 76.1 Å². The first-order chi connectivity index (χ1) is 43.8. The highest BCUT2D eigenvalue weighted by Crippen LogP contribution is 2.41. The van der Waals surface area contributed by atoms with Crippen molar-refractivity contribution in [2.75, 3.05) is 47.6 Å². The second-order valence-corrected chi connectivity index (χ2v) is 27.9. The van der Waals surface area contributed by atoms with Gasteiger partial charge in [-0.2, -0.15) is 0 Å². The van der Waals surface area contributed by atoms with Crippen LogP contribution in [0.3, 0.4) is 0 Å². The van der Waals surface area contributed by atoms with Crippen LogP contribution < -0.4 is 10.0 Å². The zero-order chi connectivity index (χ0) is 68.8. The number of aliphatic hydroxyl groups excluding tert-OH is 2. The fourth-order valence-electron chi connectivity index (χ4n) is 13.2. The summed E-state index contributed by atoms with van der Waals surface area (Å²) in [6.07, 6.45) is -15.7. The van der Waals surface area contributed by atoms with Crippen LogP contribution in [0.5, 0.6) is 0 Å². The molecule has 93 heavy (non-hydrogen) atoms. The minimum Gasteiger partial charge on any atom is -0.461 e. The van der Waals surface area contributed by atoms with Crippen molar-refractivity contribution in [3.8, 4) is 0 Å². The second kappa shape index (κ2) is 34.6. The van der Waals surface area contributed by atoms with Gasteiger partial charge in [-0.15, -0.1) is 0 Å². The fourth-order valence-corrected chi connectivity index (χ4v) is 14.4. The number of methoxy groups -OCH3 is 2. The summed E-state index contributed by atoms with van der Waals surface area (Å²) in [6, 6.07) is 13.8. The van der Waals surface area contributed by atoms with Gasteiger partial charge in [-0.05, 0) is 71.4 Å². The average Bonchev–Trinajstić information content (AvgIpc) is 1.30. The maximum atomic E-state index is 16.0. The van der Waals surface area contributed by atoms with Gasteiger partial charge in [0.2, 0.25) is 10.0 Å². The number of hydrogen-bond donors (Lipinski definition) is 4. The zero-order valence-corrected chi connectivity index (χ0v) is 57.4. The van der Waals surface area contributed by atoms with E-state index in [1.54, 1.807) is 55.4 Å². The van der Waals surface area contributed by atoms with Crippen molar-refractivity contribution in [2.24, 2.45) is 46.6 Å². The van der Waals surface area contributed by atoms with Crippen molar-refractivity contribution >= 4 is 45.2 Å². The minimum atomic E-state index is -4.32. The molecule has 0 saturated carbocycles. The molecule has 0 aromatic heterocycles. The van der Waals surface area contributed by atoms with E-state index in [9.17, 15) is 38.3 Å². The molecule has 4 saturated heterocycles. The number of nitro benzene ring substituents is 1. The molecule has 0 radical (unpaired) electrons. The number of ether oxygens (including phenoxy) is 11. The summed E-state index contributed by atoms with van der Waals surface area (Å²) < 4.78 is 100. The quantitative estimate of drug-likeness (QED) is 0.0401. The van der Waals surface area contributed by atoms with Gasteiger partial charge < -0.3 is 72.5 Å². The molecule has 4 aliphatic heterocycles. The number of carbonyl (C=O) groups excluding carboxylic acids is 4. The van der Waals surface area contributed by atoms with Crippen LogP contribution in [0.15, 0.2) is 64.6 Å². The number of nitro groups is 1. The number of carbonyl (C=O) groups is 4. The lowest BCUT2D eigenvalue weighted by atomic mass is 9.74. The van der Waals surface area contributed by atoms with Crippen LogP contribution in [0, 0.1) is 51.5 Å². The highest BCUT2D eigenvalue weighted by atomic mass is 32.2. The Balaban J connectivity index is 1.47. The van der Waals surface area contributed by atoms with E-state index in [1.807, 2.05) is 62.9 Å². The topological polar surface area (TPSA) is 336 Å². The summed E-state index contributed by atoms with van der Waals surface area (Å²) in [5, 5.41) is 41.6. The molecule has 12 unspecified atom stereocenters. The number of oxime groups is 1. The third-order valence-electron chi connectivity index (χ3n) is 18.1. The van der Waals surface area contributed by atoms with Gasteiger partial charge in [0.1, 0.15) is 43.7 Å².